The minimum atomic E-state index is -3.08. The lowest BCUT2D eigenvalue weighted by atomic mass is 10.2. The van der Waals surface area contributed by atoms with Crippen molar-refractivity contribution in [2.75, 3.05) is 29.5 Å². The molecule has 1 aromatic carbocycles. The molecule has 0 spiro atoms. The number of sulfone groups is 1. The van der Waals surface area contributed by atoms with E-state index in [9.17, 15) is 8.42 Å². The van der Waals surface area contributed by atoms with Crippen LogP contribution in [0.25, 0.3) is 0 Å². The molecule has 0 bridgehead atoms. The molecule has 1 heterocycles. The molecule has 0 unspecified atom stereocenters. The van der Waals surface area contributed by atoms with Crippen LogP contribution < -0.4 is 4.90 Å². The van der Waals surface area contributed by atoms with Crippen LogP contribution in [0, 0.1) is 0 Å². The molecule has 0 radical (unpaired) electrons. The molecule has 0 amide bonds. The highest BCUT2D eigenvalue weighted by Crippen LogP contribution is 2.26. The second-order valence-electron chi connectivity index (χ2n) is 4.74. The van der Waals surface area contributed by atoms with E-state index in [2.05, 4.69) is 11.8 Å². The van der Waals surface area contributed by atoms with Gasteiger partial charge in [0.1, 0.15) is 0 Å². The molecule has 0 saturated carbocycles. The molecule has 1 atom stereocenters. The van der Waals surface area contributed by atoms with Gasteiger partial charge in [0.05, 0.1) is 10.6 Å². The first-order valence-corrected chi connectivity index (χ1v) is 9.46. The standard InChI is InChI=1S/C14H21NO2S2/c1-3-13-11-15(9-10-18-13)12-5-7-14(8-6-12)19(16,17)4-2/h5-8,13H,3-4,9-11H2,1-2H3/t13-/m1/s1. The van der Waals surface area contributed by atoms with Crippen LogP contribution >= 0.6 is 11.8 Å². The quantitative estimate of drug-likeness (QED) is 0.857. The minimum absolute atomic E-state index is 0.157. The normalized spacial score (nSPS) is 20.5. The number of hydrogen-bond acceptors (Lipinski definition) is 4. The third-order valence-corrected chi connectivity index (χ3v) is 6.66. The van der Waals surface area contributed by atoms with Crippen molar-refractivity contribution in [1.82, 2.24) is 0 Å². The summed E-state index contributed by atoms with van der Waals surface area (Å²) in [4.78, 5) is 2.78. The van der Waals surface area contributed by atoms with Gasteiger partial charge in [-0.3, -0.25) is 0 Å². The van der Waals surface area contributed by atoms with Crippen LogP contribution in [0.4, 0.5) is 5.69 Å². The lowest BCUT2D eigenvalue weighted by molar-refractivity contribution is 0.597. The molecule has 1 aromatic rings. The van der Waals surface area contributed by atoms with Crippen LogP contribution in [0.3, 0.4) is 0 Å². The Morgan fingerprint density at radius 1 is 1.26 bits per heavy atom. The summed E-state index contributed by atoms with van der Waals surface area (Å²) < 4.78 is 23.5. The van der Waals surface area contributed by atoms with Crippen LogP contribution in [0.2, 0.25) is 0 Å². The first kappa shape index (κ1) is 14.7. The SMILES string of the molecule is CC[C@@H]1CN(c2ccc(S(=O)(=O)CC)cc2)CCS1. The van der Waals surface area contributed by atoms with Crippen molar-refractivity contribution in [2.45, 2.75) is 30.4 Å². The molecule has 0 aromatic heterocycles. The lowest BCUT2D eigenvalue weighted by Crippen LogP contribution is -2.37. The van der Waals surface area contributed by atoms with E-state index in [1.54, 1.807) is 19.1 Å². The summed E-state index contributed by atoms with van der Waals surface area (Å²) in [6.07, 6.45) is 1.18. The number of anilines is 1. The van der Waals surface area contributed by atoms with Crippen LogP contribution in [-0.4, -0.2) is 38.3 Å². The van der Waals surface area contributed by atoms with Crippen LogP contribution in [0.1, 0.15) is 20.3 Å². The number of thioether (sulfide) groups is 1. The van der Waals surface area contributed by atoms with Gasteiger partial charge in [-0.25, -0.2) is 8.42 Å². The van der Waals surface area contributed by atoms with E-state index in [1.807, 2.05) is 23.9 Å². The molecule has 1 saturated heterocycles. The van der Waals surface area contributed by atoms with E-state index in [0.717, 1.165) is 24.5 Å². The smallest absolute Gasteiger partial charge is 0.178 e. The van der Waals surface area contributed by atoms with Crippen LogP contribution in [-0.2, 0) is 9.84 Å². The number of benzene rings is 1. The summed E-state index contributed by atoms with van der Waals surface area (Å²) in [5.41, 5.74) is 1.13. The van der Waals surface area contributed by atoms with Gasteiger partial charge in [-0.2, -0.15) is 11.8 Å². The monoisotopic (exact) mass is 299 g/mol. The molecule has 1 aliphatic rings. The molecule has 2 rings (SSSR count). The van der Waals surface area contributed by atoms with Crippen molar-refractivity contribution in [2.24, 2.45) is 0 Å². The Balaban J connectivity index is 2.14. The average molecular weight is 299 g/mol. The van der Waals surface area contributed by atoms with E-state index in [-0.39, 0.29) is 5.75 Å². The van der Waals surface area contributed by atoms with E-state index in [4.69, 9.17) is 0 Å². The highest BCUT2D eigenvalue weighted by atomic mass is 32.2. The summed E-state index contributed by atoms with van der Waals surface area (Å²) in [6.45, 7) is 6.00. The fraction of sp³-hybridized carbons (Fsp3) is 0.571. The van der Waals surface area contributed by atoms with Gasteiger partial charge in [-0.1, -0.05) is 13.8 Å². The topological polar surface area (TPSA) is 37.4 Å². The predicted octanol–water partition coefficient (Wildman–Crippen LogP) is 2.81. The van der Waals surface area contributed by atoms with Gasteiger partial charge in [-0.05, 0) is 30.7 Å². The maximum Gasteiger partial charge on any atom is 0.178 e. The number of nitrogens with zero attached hydrogens (tertiary/aromatic N) is 1. The molecule has 3 nitrogen and oxygen atoms in total. The Morgan fingerprint density at radius 2 is 1.95 bits per heavy atom. The molecular weight excluding hydrogens is 278 g/mol. The van der Waals surface area contributed by atoms with Gasteiger partial charge in [0.15, 0.2) is 9.84 Å². The van der Waals surface area contributed by atoms with Gasteiger partial charge in [0.25, 0.3) is 0 Å². The number of hydrogen-bond donors (Lipinski definition) is 0. The predicted molar refractivity (Wildman–Crippen MR) is 82.9 cm³/mol. The lowest BCUT2D eigenvalue weighted by Gasteiger charge is -2.33. The summed E-state index contributed by atoms with van der Waals surface area (Å²) >= 11 is 2.04. The maximum atomic E-state index is 11.8. The van der Waals surface area contributed by atoms with E-state index < -0.39 is 9.84 Å². The fourth-order valence-electron chi connectivity index (χ4n) is 2.23. The Morgan fingerprint density at radius 3 is 2.53 bits per heavy atom. The van der Waals surface area contributed by atoms with Crippen molar-refractivity contribution in [3.63, 3.8) is 0 Å². The molecule has 1 fully saturated rings. The van der Waals surface area contributed by atoms with Crippen molar-refractivity contribution < 1.29 is 8.42 Å². The molecule has 19 heavy (non-hydrogen) atoms. The Kier molecular flexibility index (Phi) is 4.79. The molecule has 5 heteroatoms. The van der Waals surface area contributed by atoms with E-state index in [0.29, 0.717) is 10.1 Å². The second kappa shape index (κ2) is 6.18. The van der Waals surface area contributed by atoms with Crippen LogP contribution in [0.15, 0.2) is 29.2 Å². The highest BCUT2D eigenvalue weighted by molar-refractivity contribution is 8.00. The average Bonchev–Trinajstić information content (AvgIpc) is 2.47. The van der Waals surface area contributed by atoms with Crippen molar-refractivity contribution >= 4 is 27.3 Å². The van der Waals surface area contributed by atoms with E-state index >= 15 is 0 Å². The Hall–Kier alpha value is -0.680. The zero-order valence-corrected chi connectivity index (χ0v) is 13.1. The molecule has 0 N–H and O–H groups in total. The zero-order valence-electron chi connectivity index (χ0n) is 11.5. The van der Waals surface area contributed by atoms with Gasteiger partial charge >= 0.3 is 0 Å². The van der Waals surface area contributed by atoms with Crippen molar-refractivity contribution in [1.29, 1.82) is 0 Å². The third kappa shape index (κ3) is 3.45. The minimum Gasteiger partial charge on any atom is -0.370 e. The highest BCUT2D eigenvalue weighted by Gasteiger charge is 2.19. The van der Waals surface area contributed by atoms with Crippen LogP contribution in [0.5, 0.6) is 0 Å². The summed E-state index contributed by atoms with van der Waals surface area (Å²) in [6, 6.07) is 7.34. The van der Waals surface area contributed by atoms with Gasteiger partial charge in [-0.15, -0.1) is 0 Å². The van der Waals surface area contributed by atoms with Crippen molar-refractivity contribution in [3.05, 3.63) is 24.3 Å². The maximum absolute atomic E-state index is 11.8. The summed E-state index contributed by atoms with van der Waals surface area (Å²) in [7, 11) is -3.08. The van der Waals surface area contributed by atoms with Gasteiger partial charge in [0.2, 0.25) is 0 Å². The zero-order chi connectivity index (χ0) is 13.9. The Bertz CT molecular complexity index is 511. The first-order chi connectivity index (χ1) is 9.06. The third-order valence-electron chi connectivity index (χ3n) is 3.54. The fourth-order valence-corrected chi connectivity index (χ4v) is 4.30. The van der Waals surface area contributed by atoms with Crippen molar-refractivity contribution in [3.8, 4) is 0 Å². The van der Waals surface area contributed by atoms with Gasteiger partial charge in [0, 0.05) is 29.8 Å². The molecule has 106 valence electrons. The second-order valence-corrected chi connectivity index (χ2v) is 8.43. The molecule has 1 aliphatic heterocycles. The Labute approximate surface area is 120 Å². The first-order valence-electron chi connectivity index (χ1n) is 6.76. The molecular formula is C14H21NO2S2. The van der Waals surface area contributed by atoms with E-state index in [1.165, 1.54) is 6.42 Å². The summed E-state index contributed by atoms with van der Waals surface area (Å²) in [5, 5.41) is 0.688. The summed E-state index contributed by atoms with van der Waals surface area (Å²) in [5.74, 6) is 1.30. The van der Waals surface area contributed by atoms with Gasteiger partial charge < -0.3 is 4.90 Å². The largest absolute Gasteiger partial charge is 0.370 e. The molecule has 0 aliphatic carbocycles. The number of rotatable bonds is 4.